The molecule has 0 aliphatic rings. The normalized spacial score (nSPS) is 11.2. The molecule has 5 nitrogen and oxygen atoms in total. The maximum atomic E-state index is 11.8. The molecule has 0 spiro atoms. The molecule has 1 aromatic carbocycles. The summed E-state index contributed by atoms with van der Waals surface area (Å²) in [7, 11) is 0. The van der Waals surface area contributed by atoms with E-state index in [-0.39, 0.29) is 5.91 Å². The highest BCUT2D eigenvalue weighted by Gasteiger charge is 2.09. The molecule has 5 heteroatoms. The second kappa shape index (κ2) is 5.05. The van der Waals surface area contributed by atoms with Gasteiger partial charge in [-0.2, -0.15) is 5.10 Å². The molecule has 0 atom stereocenters. The third kappa shape index (κ3) is 2.21. The number of hydrazone groups is 1. The van der Waals surface area contributed by atoms with Crippen LogP contribution in [0.3, 0.4) is 0 Å². The Bertz CT molecular complexity index is 783. The molecule has 0 aliphatic carbocycles. The fourth-order valence-corrected chi connectivity index (χ4v) is 2.04. The molecule has 0 radical (unpaired) electrons. The Balaban J connectivity index is 1.75. The Morgan fingerprint density at radius 1 is 1.35 bits per heavy atom. The largest absolute Gasteiger partial charge is 0.469 e. The van der Waals surface area contributed by atoms with Gasteiger partial charge in [0.2, 0.25) is 0 Å². The number of benzene rings is 1. The summed E-state index contributed by atoms with van der Waals surface area (Å²) in [5.41, 5.74) is 4.93. The summed E-state index contributed by atoms with van der Waals surface area (Å²) in [6, 6.07) is 9.52. The van der Waals surface area contributed by atoms with Gasteiger partial charge in [0.25, 0.3) is 5.91 Å². The van der Waals surface area contributed by atoms with Crippen molar-refractivity contribution in [2.45, 2.75) is 6.92 Å². The van der Waals surface area contributed by atoms with Crippen molar-refractivity contribution in [3.63, 3.8) is 0 Å². The van der Waals surface area contributed by atoms with Crippen LogP contribution in [0.15, 0.2) is 52.3 Å². The Morgan fingerprint density at radius 2 is 2.20 bits per heavy atom. The van der Waals surface area contributed by atoms with Gasteiger partial charge >= 0.3 is 0 Å². The van der Waals surface area contributed by atoms with Crippen LogP contribution in [0.25, 0.3) is 10.9 Å². The smallest absolute Gasteiger partial charge is 0.274 e. The molecule has 0 fully saturated rings. The highest BCUT2D eigenvalue weighted by molar-refractivity contribution is 6.00. The van der Waals surface area contributed by atoms with Crippen LogP contribution in [0.5, 0.6) is 0 Å². The van der Waals surface area contributed by atoms with Crippen LogP contribution in [0, 0.1) is 6.92 Å². The second-order valence-corrected chi connectivity index (χ2v) is 4.38. The average Bonchev–Trinajstić information content (AvgIpc) is 3.05. The van der Waals surface area contributed by atoms with Crippen molar-refractivity contribution in [2.24, 2.45) is 5.10 Å². The molecule has 2 N–H and O–H groups in total. The number of aromatic nitrogens is 1. The summed E-state index contributed by atoms with van der Waals surface area (Å²) in [5.74, 6) is 0.289. The number of carbonyl (C=O) groups excluding carboxylic acids is 1. The lowest BCUT2D eigenvalue weighted by Gasteiger charge is -1.97. The monoisotopic (exact) mass is 267 g/mol. The van der Waals surface area contributed by atoms with E-state index in [2.05, 4.69) is 15.5 Å². The average molecular weight is 267 g/mol. The van der Waals surface area contributed by atoms with Crippen molar-refractivity contribution < 1.29 is 9.21 Å². The number of carbonyl (C=O) groups is 1. The molecular formula is C15H13N3O2. The quantitative estimate of drug-likeness (QED) is 0.566. The highest BCUT2D eigenvalue weighted by atomic mass is 16.3. The van der Waals surface area contributed by atoms with Gasteiger partial charge in [-0.05, 0) is 19.1 Å². The molecule has 3 aromatic rings. The van der Waals surface area contributed by atoms with Gasteiger partial charge in [0.05, 0.1) is 18.0 Å². The number of amides is 1. The fraction of sp³-hybridized carbons (Fsp3) is 0.0667. The minimum atomic E-state index is -0.285. The number of fused-ring (bicyclic) bond motifs is 1. The van der Waals surface area contributed by atoms with E-state index in [0.717, 1.165) is 16.5 Å². The van der Waals surface area contributed by atoms with Crippen molar-refractivity contribution in [3.05, 3.63) is 59.7 Å². The molecule has 0 bridgehead atoms. The molecule has 0 unspecified atom stereocenters. The number of para-hydroxylation sites is 1. The summed E-state index contributed by atoms with van der Waals surface area (Å²) in [6.07, 6.45) is 4.95. The minimum absolute atomic E-state index is 0.285. The molecule has 2 heterocycles. The van der Waals surface area contributed by atoms with E-state index in [0.29, 0.717) is 11.3 Å². The van der Waals surface area contributed by atoms with E-state index in [9.17, 15) is 4.79 Å². The molecule has 0 aliphatic heterocycles. The highest BCUT2D eigenvalue weighted by Crippen LogP contribution is 2.15. The predicted molar refractivity (Wildman–Crippen MR) is 76.8 cm³/mol. The molecule has 0 saturated carbocycles. The maximum absolute atomic E-state index is 11.8. The van der Waals surface area contributed by atoms with Gasteiger partial charge in [0, 0.05) is 22.7 Å². The van der Waals surface area contributed by atoms with E-state index < -0.39 is 0 Å². The lowest BCUT2D eigenvalue weighted by molar-refractivity contribution is 0.0953. The first kappa shape index (κ1) is 12.2. The van der Waals surface area contributed by atoms with Crippen LogP contribution in [0.1, 0.15) is 21.7 Å². The summed E-state index contributed by atoms with van der Waals surface area (Å²) >= 11 is 0. The number of nitrogens with one attached hydrogen (secondary N) is 2. The summed E-state index contributed by atoms with van der Waals surface area (Å²) in [5, 5.41) is 5.03. The topological polar surface area (TPSA) is 70.4 Å². The van der Waals surface area contributed by atoms with Crippen molar-refractivity contribution in [1.82, 2.24) is 10.4 Å². The lowest BCUT2D eigenvalue weighted by atomic mass is 10.2. The molecule has 2 aromatic heterocycles. The Hall–Kier alpha value is -2.82. The molecule has 0 saturated heterocycles. The molecular weight excluding hydrogens is 254 g/mol. The van der Waals surface area contributed by atoms with Crippen molar-refractivity contribution >= 4 is 23.0 Å². The van der Waals surface area contributed by atoms with Crippen LogP contribution in [0.4, 0.5) is 0 Å². The standard InChI is InChI=1S/C15H13N3O2/c1-10-12(6-7-20-10)15(19)18-17-9-11-8-16-14-5-3-2-4-13(11)14/h2-9,16H,1H3,(H,18,19)/b17-9+. The van der Waals surface area contributed by atoms with Gasteiger partial charge in [-0.15, -0.1) is 0 Å². The maximum Gasteiger partial charge on any atom is 0.274 e. The zero-order chi connectivity index (χ0) is 13.9. The van der Waals surface area contributed by atoms with Crippen molar-refractivity contribution in [1.29, 1.82) is 0 Å². The predicted octanol–water partition coefficient (Wildman–Crippen LogP) is 2.83. The zero-order valence-electron chi connectivity index (χ0n) is 10.9. The molecule has 20 heavy (non-hydrogen) atoms. The van der Waals surface area contributed by atoms with Crippen LogP contribution >= 0.6 is 0 Å². The number of H-pyrrole nitrogens is 1. The van der Waals surface area contributed by atoms with E-state index in [4.69, 9.17) is 4.42 Å². The van der Waals surface area contributed by atoms with Gasteiger partial charge in [0.1, 0.15) is 5.76 Å². The van der Waals surface area contributed by atoms with Crippen LogP contribution in [-0.2, 0) is 0 Å². The summed E-state index contributed by atoms with van der Waals surface area (Å²) in [6.45, 7) is 1.73. The number of aromatic amines is 1. The van der Waals surface area contributed by atoms with Gasteiger partial charge in [-0.1, -0.05) is 18.2 Å². The van der Waals surface area contributed by atoms with Crippen LogP contribution < -0.4 is 5.43 Å². The van der Waals surface area contributed by atoms with Gasteiger partial charge in [-0.3, -0.25) is 4.79 Å². The Labute approximate surface area is 115 Å². The summed E-state index contributed by atoms with van der Waals surface area (Å²) < 4.78 is 5.08. The summed E-state index contributed by atoms with van der Waals surface area (Å²) in [4.78, 5) is 15.0. The first-order valence-electron chi connectivity index (χ1n) is 6.19. The third-order valence-electron chi connectivity index (χ3n) is 3.09. The van der Waals surface area contributed by atoms with Crippen LogP contribution in [0.2, 0.25) is 0 Å². The SMILES string of the molecule is Cc1occc1C(=O)N/N=C/c1c[nH]c2ccccc12. The number of aryl methyl sites for hydroxylation is 1. The van der Waals surface area contributed by atoms with E-state index in [1.165, 1.54) is 6.26 Å². The molecule has 1 amide bonds. The second-order valence-electron chi connectivity index (χ2n) is 4.38. The van der Waals surface area contributed by atoms with E-state index >= 15 is 0 Å². The number of nitrogens with zero attached hydrogens (tertiary/aromatic N) is 1. The minimum Gasteiger partial charge on any atom is -0.469 e. The first-order chi connectivity index (χ1) is 9.75. The Morgan fingerprint density at radius 3 is 3.00 bits per heavy atom. The Kier molecular flexibility index (Phi) is 3.09. The number of rotatable bonds is 3. The lowest BCUT2D eigenvalue weighted by Crippen LogP contribution is -2.17. The molecule has 3 rings (SSSR count). The number of hydrogen-bond acceptors (Lipinski definition) is 3. The molecule has 100 valence electrons. The van der Waals surface area contributed by atoms with Crippen molar-refractivity contribution in [2.75, 3.05) is 0 Å². The van der Waals surface area contributed by atoms with Crippen LogP contribution in [-0.4, -0.2) is 17.1 Å². The van der Waals surface area contributed by atoms with Crippen molar-refractivity contribution in [3.8, 4) is 0 Å². The van der Waals surface area contributed by atoms with E-state index in [1.807, 2.05) is 30.5 Å². The number of hydrogen-bond donors (Lipinski definition) is 2. The fourth-order valence-electron chi connectivity index (χ4n) is 2.04. The zero-order valence-corrected chi connectivity index (χ0v) is 10.9. The number of furan rings is 1. The first-order valence-corrected chi connectivity index (χ1v) is 6.19. The van der Waals surface area contributed by atoms with Gasteiger partial charge in [0.15, 0.2) is 0 Å². The third-order valence-corrected chi connectivity index (χ3v) is 3.09. The van der Waals surface area contributed by atoms with Gasteiger partial charge in [-0.25, -0.2) is 5.43 Å². The van der Waals surface area contributed by atoms with Gasteiger partial charge < -0.3 is 9.40 Å². The van der Waals surface area contributed by atoms with E-state index in [1.54, 1.807) is 19.2 Å².